The van der Waals surface area contributed by atoms with E-state index in [2.05, 4.69) is 26.0 Å². The lowest BCUT2D eigenvalue weighted by atomic mass is 10.2. The van der Waals surface area contributed by atoms with Gasteiger partial charge in [0.25, 0.3) is 0 Å². The van der Waals surface area contributed by atoms with Gasteiger partial charge in [-0.25, -0.2) is 4.98 Å². The first-order valence-corrected chi connectivity index (χ1v) is 4.66. The SMILES string of the molecule is Cn1cc(-c2cccnc2Br)cn1. The van der Waals surface area contributed by atoms with Crippen LogP contribution in [0.2, 0.25) is 0 Å². The Bertz CT molecular complexity index is 422. The van der Waals surface area contributed by atoms with Gasteiger partial charge in [0.05, 0.1) is 6.20 Å². The highest BCUT2D eigenvalue weighted by Gasteiger charge is 2.04. The maximum atomic E-state index is 4.14. The maximum absolute atomic E-state index is 4.14. The number of nitrogens with zero attached hydrogens (tertiary/aromatic N) is 3. The predicted molar refractivity (Wildman–Crippen MR) is 54.1 cm³/mol. The van der Waals surface area contributed by atoms with E-state index in [0.29, 0.717) is 0 Å². The highest BCUT2D eigenvalue weighted by molar-refractivity contribution is 9.10. The van der Waals surface area contributed by atoms with Crippen molar-refractivity contribution >= 4 is 15.9 Å². The average Bonchev–Trinajstić information content (AvgIpc) is 2.53. The summed E-state index contributed by atoms with van der Waals surface area (Å²) >= 11 is 3.39. The number of aromatic nitrogens is 3. The first-order valence-electron chi connectivity index (χ1n) is 3.87. The fourth-order valence-corrected chi connectivity index (χ4v) is 1.64. The van der Waals surface area contributed by atoms with Gasteiger partial charge in [0, 0.05) is 30.6 Å². The van der Waals surface area contributed by atoms with E-state index in [1.54, 1.807) is 10.9 Å². The third-order valence-corrected chi connectivity index (χ3v) is 2.41. The Morgan fingerprint density at radius 2 is 2.31 bits per heavy atom. The van der Waals surface area contributed by atoms with Crippen molar-refractivity contribution in [3.05, 3.63) is 35.3 Å². The van der Waals surface area contributed by atoms with Gasteiger partial charge in [-0.1, -0.05) is 6.07 Å². The summed E-state index contributed by atoms with van der Waals surface area (Å²) in [6, 6.07) is 3.92. The fourth-order valence-electron chi connectivity index (χ4n) is 1.16. The van der Waals surface area contributed by atoms with Crippen LogP contribution in [0.5, 0.6) is 0 Å². The minimum Gasteiger partial charge on any atom is -0.275 e. The van der Waals surface area contributed by atoms with E-state index >= 15 is 0 Å². The molecule has 0 saturated carbocycles. The van der Waals surface area contributed by atoms with Gasteiger partial charge in [-0.3, -0.25) is 4.68 Å². The molecule has 0 radical (unpaired) electrons. The number of pyridine rings is 1. The second kappa shape index (κ2) is 3.30. The standard InChI is InChI=1S/C9H8BrN3/c1-13-6-7(5-12-13)8-3-2-4-11-9(8)10/h2-6H,1H3. The molecule has 2 rings (SSSR count). The summed E-state index contributed by atoms with van der Waals surface area (Å²) in [6.07, 6.45) is 5.54. The smallest absolute Gasteiger partial charge is 0.113 e. The van der Waals surface area contributed by atoms with Gasteiger partial charge in [0.2, 0.25) is 0 Å². The van der Waals surface area contributed by atoms with E-state index in [0.717, 1.165) is 15.7 Å². The van der Waals surface area contributed by atoms with Crippen LogP contribution < -0.4 is 0 Å². The summed E-state index contributed by atoms with van der Waals surface area (Å²) in [6.45, 7) is 0. The van der Waals surface area contributed by atoms with Crippen LogP contribution in [0.4, 0.5) is 0 Å². The van der Waals surface area contributed by atoms with Crippen molar-refractivity contribution in [3.63, 3.8) is 0 Å². The molecular formula is C9H8BrN3. The van der Waals surface area contributed by atoms with E-state index in [1.807, 2.05) is 31.6 Å². The van der Waals surface area contributed by atoms with Crippen molar-refractivity contribution in [2.75, 3.05) is 0 Å². The van der Waals surface area contributed by atoms with Crippen molar-refractivity contribution in [1.82, 2.24) is 14.8 Å². The van der Waals surface area contributed by atoms with E-state index in [1.165, 1.54) is 0 Å². The molecule has 13 heavy (non-hydrogen) atoms. The summed E-state index contributed by atoms with van der Waals surface area (Å²) in [4.78, 5) is 4.14. The van der Waals surface area contributed by atoms with Gasteiger partial charge < -0.3 is 0 Å². The van der Waals surface area contributed by atoms with E-state index in [-0.39, 0.29) is 0 Å². The van der Waals surface area contributed by atoms with Crippen molar-refractivity contribution in [3.8, 4) is 11.1 Å². The molecule has 2 aromatic rings. The monoisotopic (exact) mass is 237 g/mol. The lowest BCUT2D eigenvalue weighted by Crippen LogP contribution is -1.84. The van der Waals surface area contributed by atoms with Gasteiger partial charge in [0.15, 0.2) is 0 Å². The third kappa shape index (κ3) is 1.62. The van der Waals surface area contributed by atoms with Crippen molar-refractivity contribution < 1.29 is 0 Å². The zero-order valence-corrected chi connectivity index (χ0v) is 8.69. The zero-order valence-electron chi connectivity index (χ0n) is 7.11. The first-order chi connectivity index (χ1) is 6.27. The Hall–Kier alpha value is -1.16. The highest BCUT2D eigenvalue weighted by atomic mass is 79.9. The second-order valence-corrected chi connectivity index (χ2v) is 3.50. The average molecular weight is 238 g/mol. The molecule has 0 atom stereocenters. The molecule has 0 amide bonds. The molecular weight excluding hydrogens is 230 g/mol. The van der Waals surface area contributed by atoms with Gasteiger partial charge in [-0.15, -0.1) is 0 Å². The van der Waals surface area contributed by atoms with E-state index in [9.17, 15) is 0 Å². The number of halogens is 1. The Balaban J connectivity index is 2.52. The van der Waals surface area contributed by atoms with Crippen LogP contribution in [-0.2, 0) is 7.05 Å². The van der Waals surface area contributed by atoms with Crippen LogP contribution in [0, 0.1) is 0 Å². The summed E-state index contributed by atoms with van der Waals surface area (Å²) in [5.74, 6) is 0. The van der Waals surface area contributed by atoms with Gasteiger partial charge in [0.1, 0.15) is 4.60 Å². The largest absolute Gasteiger partial charge is 0.275 e. The molecule has 2 heterocycles. The minimum absolute atomic E-state index is 0.850. The lowest BCUT2D eigenvalue weighted by molar-refractivity contribution is 0.768. The molecule has 3 nitrogen and oxygen atoms in total. The maximum Gasteiger partial charge on any atom is 0.113 e. The Morgan fingerprint density at radius 3 is 2.92 bits per heavy atom. The molecule has 4 heteroatoms. The highest BCUT2D eigenvalue weighted by Crippen LogP contribution is 2.24. The normalized spacial score (nSPS) is 10.3. The molecule has 0 aliphatic rings. The minimum atomic E-state index is 0.850. The molecule has 66 valence electrons. The number of aryl methyl sites for hydroxylation is 1. The molecule has 0 fully saturated rings. The van der Waals surface area contributed by atoms with E-state index in [4.69, 9.17) is 0 Å². The molecule has 0 unspecified atom stereocenters. The quantitative estimate of drug-likeness (QED) is 0.713. The third-order valence-electron chi connectivity index (χ3n) is 1.77. The summed E-state index contributed by atoms with van der Waals surface area (Å²) < 4.78 is 2.62. The summed E-state index contributed by atoms with van der Waals surface area (Å²) in [5.41, 5.74) is 2.14. The Morgan fingerprint density at radius 1 is 1.46 bits per heavy atom. The van der Waals surface area contributed by atoms with Crippen LogP contribution in [0.3, 0.4) is 0 Å². The predicted octanol–water partition coefficient (Wildman–Crippen LogP) is 2.24. The van der Waals surface area contributed by atoms with Gasteiger partial charge >= 0.3 is 0 Å². The molecule has 0 aromatic carbocycles. The topological polar surface area (TPSA) is 30.7 Å². The van der Waals surface area contributed by atoms with Crippen molar-refractivity contribution in [2.24, 2.45) is 7.05 Å². The molecule has 0 spiro atoms. The van der Waals surface area contributed by atoms with Crippen LogP contribution in [0.1, 0.15) is 0 Å². The fraction of sp³-hybridized carbons (Fsp3) is 0.111. The van der Waals surface area contributed by atoms with Crippen LogP contribution in [0.25, 0.3) is 11.1 Å². The first kappa shape index (κ1) is 8.44. The lowest BCUT2D eigenvalue weighted by Gasteiger charge is -1.97. The molecule has 2 aromatic heterocycles. The summed E-state index contributed by atoms with van der Waals surface area (Å²) in [5, 5.41) is 4.10. The van der Waals surface area contributed by atoms with Crippen molar-refractivity contribution in [1.29, 1.82) is 0 Å². The second-order valence-electron chi connectivity index (χ2n) is 2.74. The van der Waals surface area contributed by atoms with Crippen LogP contribution in [0.15, 0.2) is 35.3 Å². The molecule has 0 N–H and O–H groups in total. The zero-order chi connectivity index (χ0) is 9.26. The van der Waals surface area contributed by atoms with Crippen LogP contribution in [-0.4, -0.2) is 14.8 Å². The molecule has 0 saturated heterocycles. The van der Waals surface area contributed by atoms with Gasteiger partial charge in [-0.05, 0) is 22.0 Å². The number of rotatable bonds is 1. The Kier molecular flexibility index (Phi) is 2.14. The van der Waals surface area contributed by atoms with Crippen molar-refractivity contribution in [2.45, 2.75) is 0 Å². The summed E-state index contributed by atoms with van der Waals surface area (Å²) in [7, 11) is 1.90. The molecule has 0 aliphatic heterocycles. The van der Waals surface area contributed by atoms with Crippen LogP contribution >= 0.6 is 15.9 Å². The van der Waals surface area contributed by atoms with Gasteiger partial charge in [-0.2, -0.15) is 5.10 Å². The molecule has 0 aliphatic carbocycles. The Labute approximate surface area is 84.5 Å². The number of hydrogen-bond donors (Lipinski definition) is 0. The number of hydrogen-bond acceptors (Lipinski definition) is 2. The van der Waals surface area contributed by atoms with E-state index < -0.39 is 0 Å². The molecule has 0 bridgehead atoms.